The molecule has 56 valence electrons. The van der Waals surface area contributed by atoms with E-state index in [1.807, 2.05) is 6.33 Å². The number of nitrogens with zero attached hydrogens (tertiary/aromatic N) is 1. The minimum Gasteiger partial charge on any atom is -0.248 e. The molecule has 1 aromatic heterocycles. The lowest BCUT2D eigenvalue weighted by Crippen LogP contribution is -2.30. The average molecular weight is 139 g/mol. The molecule has 0 radical (unpaired) electrons. The molecule has 0 unspecified atom stereocenters. The number of hydrogen-bond donors (Lipinski definition) is 1. The maximum Gasteiger partial charge on any atom is 0.241 e. The Morgan fingerprint density at radius 3 is 2.30 bits per heavy atom. The van der Waals surface area contributed by atoms with Crippen LogP contribution in [0.3, 0.4) is 0 Å². The van der Waals surface area contributed by atoms with Crippen molar-refractivity contribution in [1.82, 2.24) is 4.98 Å². The number of hydrogen-bond acceptors (Lipinski definition) is 0. The van der Waals surface area contributed by atoms with Crippen LogP contribution in [0.4, 0.5) is 0 Å². The molecule has 0 amide bonds. The normalized spacial score (nSPS) is 10.9. The summed E-state index contributed by atoms with van der Waals surface area (Å²) in [6.07, 6.45) is 1.99. The zero-order valence-corrected chi connectivity index (χ0v) is 7.10. The summed E-state index contributed by atoms with van der Waals surface area (Å²) in [7, 11) is 2.07. The van der Waals surface area contributed by atoms with E-state index in [4.69, 9.17) is 0 Å². The van der Waals surface area contributed by atoms with Gasteiger partial charge in [0.25, 0.3) is 0 Å². The van der Waals surface area contributed by atoms with Crippen molar-refractivity contribution in [1.29, 1.82) is 0 Å². The van der Waals surface area contributed by atoms with Gasteiger partial charge in [0, 0.05) is 12.8 Å². The van der Waals surface area contributed by atoms with Gasteiger partial charge < -0.3 is 0 Å². The smallest absolute Gasteiger partial charge is 0.241 e. The molecule has 0 saturated heterocycles. The maximum absolute atomic E-state index is 3.18. The molecule has 10 heavy (non-hydrogen) atoms. The quantitative estimate of drug-likeness (QED) is 0.565. The van der Waals surface area contributed by atoms with Crippen molar-refractivity contribution in [3.05, 3.63) is 17.7 Å². The molecule has 2 nitrogen and oxygen atoms in total. The summed E-state index contributed by atoms with van der Waals surface area (Å²) >= 11 is 0. The van der Waals surface area contributed by atoms with Gasteiger partial charge in [0.1, 0.15) is 11.4 Å². The number of nitrogens with one attached hydrogen (secondary N) is 1. The summed E-state index contributed by atoms with van der Waals surface area (Å²) in [6, 6.07) is 0. The highest BCUT2D eigenvalue weighted by Gasteiger charge is 2.13. The first-order valence-electron chi connectivity index (χ1n) is 3.66. The van der Waals surface area contributed by atoms with E-state index in [0.717, 1.165) is 0 Å². The second-order valence-electron chi connectivity index (χ2n) is 3.05. The first kappa shape index (κ1) is 7.32. The lowest BCUT2D eigenvalue weighted by molar-refractivity contribution is -0.678. The van der Waals surface area contributed by atoms with Gasteiger partial charge in [-0.25, -0.2) is 9.55 Å². The predicted octanol–water partition coefficient (Wildman–Crippen LogP) is 1.27. The van der Waals surface area contributed by atoms with Crippen molar-refractivity contribution in [2.24, 2.45) is 7.05 Å². The van der Waals surface area contributed by atoms with Crippen LogP contribution in [0.2, 0.25) is 0 Å². The van der Waals surface area contributed by atoms with Crippen molar-refractivity contribution in [3.63, 3.8) is 0 Å². The van der Waals surface area contributed by atoms with Crippen LogP contribution >= 0.6 is 0 Å². The van der Waals surface area contributed by atoms with Gasteiger partial charge in [-0.3, -0.25) is 0 Å². The molecule has 0 bridgehead atoms. The summed E-state index contributed by atoms with van der Waals surface area (Å²) in [5, 5.41) is 0. The molecular formula is C8H15N2+. The minimum absolute atomic E-state index is 0.608. The van der Waals surface area contributed by atoms with Gasteiger partial charge in [0.05, 0.1) is 7.05 Å². The fourth-order valence-corrected chi connectivity index (χ4v) is 1.44. The van der Waals surface area contributed by atoms with Crippen LogP contribution < -0.4 is 4.57 Å². The second kappa shape index (κ2) is 2.45. The molecule has 1 aromatic rings. The van der Waals surface area contributed by atoms with Crippen LogP contribution in [0.15, 0.2) is 6.33 Å². The summed E-state index contributed by atoms with van der Waals surface area (Å²) < 4.78 is 2.14. The summed E-state index contributed by atoms with van der Waals surface area (Å²) in [5.41, 5.74) is 2.66. The first-order valence-corrected chi connectivity index (χ1v) is 3.66. The molecule has 0 aliphatic carbocycles. The highest BCUT2D eigenvalue weighted by atomic mass is 15.0. The first-order chi connectivity index (χ1) is 4.63. The highest BCUT2D eigenvalue weighted by Crippen LogP contribution is 2.11. The van der Waals surface area contributed by atoms with Gasteiger partial charge in [-0.15, -0.1) is 0 Å². The van der Waals surface area contributed by atoms with E-state index >= 15 is 0 Å². The molecule has 2 heteroatoms. The van der Waals surface area contributed by atoms with Crippen molar-refractivity contribution in [2.75, 3.05) is 0 Å². The van der Waals surface area contributed by atoms with Crippen LogP contribution in [-0.4, -0.2) is 4.98 Å². The van der Waals surface area contributed by atoms with Gasteiger partial charge in [-0.1, -0.05) is 13.8 Å². The standard InChI is InChI=1S/C8H14N2/c1-6(2)8-7(3)9-5-10(8)4/h5-6H,1-4H3/p+1. The molecular weight excluding hydrogens is 124 g/mol. The highest BCUT2D eigenvalue weighted by molar-refractivity contribution is 5.06. The molecule has 1 rings (SSSR count). The number of aromatic nitrogens is 2. The van der Waals surface area contributed by atoms with Gasteiger partial charge >= 0.3 is 0 Å². The third-order valence-corrected chi connectivity index (χ3v) is 1.79. The molecule has 0 aliphatic rings. The van der Waals surface area contributed by atoms with E-state index in [0.29, 0.717) is 5.92 Å². The largest absolute Gasteiger partial charge is 0.248 e. The van der Waals surface area contributed by atoms with Crippen molar-refractivity contribution >= 4 is 0 Å². The van der Waals surface area contributed by atoms with Gasteiger partial charge in [-0.05, 0) is 0 Å². The van der Waals surface area contributed by atoms with Gasteiger partial charge in [0.15, 0.2) is 0 Å². The Labute approximate surface area is 61.9 Å². The molecule has 1 N–H and O–H groups in total. The summed E-state index contributed by atoms with van der Waals surface area (Å²) in [6.45, 7) is 6.52. The zero-order chi connectivity index (χ0) is 7.72. The SMILES string of the molecule is Cc1[nH]c[n+](C)c1C(C)C. The van der Waals surface area contributed by atoms with Gasteiger partial charge in [-0.2, -0.15) is 0 Å². The number of H-pyrrole nitrogens is 1. The Kier molecular flexibility index (Phi) is 1.79. The molecule has 0 atom stereocenters. The second-order valence-corrected chi connectivity index (χ2v) is 3.05. The zero-order valence-electron chi connectivity index (χ0n) is 7.10. The fraction of sp³-hybridized carbons (Fsp3) is 0.625. The molecule has 0 aliphatic heterocycles. The van der Waals surface area contributed by atoms with E-state index in [1.54, 1.807) is 0 Å². The van der Waals surface area contributed by atoms with E-state index in [1.165, 1.54) is 11.4 Å². The Balaban J connectivity index is 3.10. The number of aromatic amines is 1. The minimum atomic E-state index is 0.608. The van der Waals surface area contributed by atoms with Crippen molar-refractivity contribution in [3.8, 4) is 0 Å². The Morgan fingerprint density at radius 2 is 2.10 bits per heavy atom. The Morgan fingerprint density at radius 1 is 1.50 bits per heavy atom. The average Bonchev–Trinajstić information content (AvgIpc) is 2.11. The van der Waals surface area contributed by atoms with Crippen LogP contribution in [0.1, 0.15) is 31.2 Å². The molecule has 0 saturated carbocycles. The monoisotopic (exact) mass is 139 g/mol. The van der Waals surface area contributed by atoms with E-state index < -0.39 is 0 Å². The summed E-state index contributed by atoms with van der Waals surface area (Å²) in [5.74, 6) is 0.608. The van der Waals surface area contributed by atoms with Gasteiger partial charge in [0.2, 0.25) is 6.33 Å². The molecule has 0 spiro atoms. The van der Waals surface area contributed by atoms with Crippen molar-refractivity contribution < 1.29 is 4.57 Å². The molecule has 0 fully saturated rings. The number of aryl methyl sites for hydroxylation is 2. The lowest BCUT2D eigenvalue weighted by atomic mass is 10.1. The number of rotatable bonds is 1. The van der Waals surface area contributed by atoms with Crippen LogP contribution in [0.5, 0.6) is 0 Å². The van der Waals surface area contributed by atoms with E-state index in [2.05, 4.69) is 37.4 Å². The molecule has 0 aromatic carbocycles. The Bertz CT molecular complexity index is 204. The summed E-state index contributed by atoms with van der Waals surface area (Å²) in [4.78, 5) is 3.18. The third-order valence-electron chi connectivity index (χ3n) is 1.79. The van der Waals surface area contributed by atoms with Crippen LogP contribution in [-0.2, 0) is 7.05 Å². The fourth-order valence-electron chi connectivity index (χ4n) is 1.44. The Hall–Kier alpha value is -0.790. The number of imidazole rings is 1. The van der Waals surface area contributed by atoms with E-state index in [-0.39, 0.29) is 0 Å². The van der Waals surface area contributed by atoms with Crippen LogP contribution in [0, 0.1) is 6.92 Å². The lowest BCUT2D eigenvalue weighted by Gasteiger charge is -1.99. The van der Waals surface area contributed by atoms with Crippen molar-refractivity contribution in [2.45, 2.75) is 26.7 Å². The third kappa shape index (κ3) is 1.06. The maximum atomic E-state index is 3.18. The van der Waals surface area contributed by atoms with Crippen LogP contribution in [0.25, 0.3) is 0 Å². The topological polar surface area (TPSA) is 19.7 Å². The van der Waals surface area contributed by atoms with E-state index in [9.17, 15) is 0 Å². The predicted molar refractivity (Wildman–Crippen MR) is 40.8 cm³/mol. The molecule has 1 heterocycles.